The number of aliphatic hydroxyl groups is 1. The van der Waals surface area contributed by atoms with E-state index in [1.54, 1.807) is 26.0 Å². The molecule has 0 fully saturated rings. The first kappa shape index (κ1) is 21.0. The van der Waals surface area contributed by atoms with Crippen molar-refractivity contribution in [2.24, 2.45) is 0 Å². The monoisotopic (exact) mass is 419 g/mol. The molecule has 2 N–H and O–H groups in total. The fourth-order valence-corrected chi connectivity index (χ4v) is 5.05. The van der Waals surface area contributed by atoms with Gasteiger partial charge in [-0.2, -0.15) is 5.10 Å². The number of hydrogen-bond donors (Lipinski definition) is 2. The number of H-pyrrole nitrogens is 1. The number of benzene rings is 1. The van der Waals surface area contributed by atoms with Crippen LogP contribution in [-0.4, -0.2) is 20.3 Å². The highest BCUT2D eigenvalue weighted by molar-refractivity contribution is 8.01. The summed E-state index contributed by atoms with van der Waals surface area (Å²) in [5.41, 5.74) is 3.40. The van der Waals surface area contributed by atoms with E-state index in [1.165, 1.54) is 23.1 Å². The highest BCUT2D eigenvalue weighted by Crippen LogP contribution is 2.42. The maximum Gasteiger partial charge on any atom is 0.155 e. The lowest BCUT2D eigenvalue weighted by molar-refractivity contribution is 0.0741. The molecule has 28 heavy (non-hydrogen) atoms. The van der Waals surface area contributed by atoms with Crippen LogP contribution in [0.15, 0.2) is 32.9 Å². The molecule has 2 heterocycles. The molecular formula is C21H26FN3OS2. The largest absolute Gasteiger partial charge is 0.384 e. The lowest BCUT2D eigenvalue weighted by Gasteiger charge is -2.19. The first-order valence-electron chi connectivity index (χ1n) is 9.31. The molecule has 150 valence electrons. The average Bonchev–Trinajstić information content (AvgIpc) is 3.23. The molecule has 0 aliphatic heterocycles. The molecule has 7 heteroatoms. The second kappa shape index (κ2) is 7.97. The van der Waals surface area contributed by atoms with Crippen LogP contribution in [0.1, 0.15) is 70.2 Å². The summed E-state index contributed by atoms with van der Waals surface area (Å²) in [5, 5.41) is 19.5. The van der Waals surface area contributed by atoms with Gasteiger partial charge in [-0.05, 0) is 48.9 Å². The maximum absolute atomic E-state index is 14.3. The van der Waals surface area contributed by atoms with Gasteiger partial charge in [-0.25, -0.2) is 9.37 Å². The molecule has 0 saturated heterocycles. The van der Waals surface area contributed by atoms with Gasteiger partial charge in [0.2, 0.25) is 0 Å². The molecule has 0 radical (unpaired) electrons. The summed E-state index contributed by atoms with van der Waals surface area (Å²) < 4.78 is 15.1. The van der Waals surface area contributed by atoms with Crippen LogP contribution in [0.25, 0.3) is 11.3 Å². The zero-order chi connectivity index (χ0) is 20.6. The Morgan fingerprint density at radius 1 is 1.14 bits per heavy atom. The van der Waals surface area contributed by atoms with Crippen molar-refractivity contribution < 1.29 is 9.50 Å². The Kier molecular flexibility index (Phi) is 5.98. The van der Waals surface area contributed by atoms with E-state index in [2.05, 4.69) is 42.9 Å². The second-order valence-electron chi connectivity index (χ2n) is 8.03. The minimum Gasteiger partial charge on any atom is -0.384 e. The first-order valence-corrected chi connectivity index (χ1v) is 11.0. The number of thiazole rings is 1. The zero-order valence-corrected chi connectivity index (χ0v) is 18.6. The predicted octanol–water partition coefficient (Wildman–Crippen LogP) is 6.30. The Balaban J connectivity index is 2.08. The van der Waals surface area contributed by atoms with Crippen LogP contribution in [0.5, 0.6) is 0 Å². The van der Waals surface area contributed by atoms with Crippen LogP contribution in [-0.2, 0) is 5.60 Å². The number of halogens is 1. The molecule has 0 bridgehead atoms. The lowest BCUT2D eigenvalue weighted by atomic mass is 9.87. The molecule has 2 aromatic heterocycles. The molecule has 0 atom stereocenters. The summed E-state index contributed by atoms with van der Waals surface area (Å²) in [5.74, 6) is 0.120. The molecule has 0 amide bonds. The summed E-state index contributed by atoms with van der Waals surface area (Å²) in [4.78, 5) is 5.49. The van der Waals surface area contributed by atoms with Gasteiger partial charge < -0.3 is 5.11 Å². The Morgan fingerprint density at radius 2 is 1.75 bits per heavy atom. The summed E-state index contributed by atoms with van der Waals surface area (Å²) >= 11 is 3.00. The van der Waals surface area contributed by atoms with Gasteiger partial charge in [0.05, 0.1) is 10.6 Å². The van der Waals surface area contributed by atoms with Crippen molar-refractivity contribution in [3.05, 3.63) is 46.3 Å². The van der Waals surface area contributed by atoms with Crippen LogP contribution in [0, 0.1) is 5.82 Å². The van der Waals surface area contributed by atoms with Gasteiger partial charge in [-0.3, -0.25) is 5.10 Å². The average molecular weight is 420 g/mol. The fraction of sp³-hybridized carbons (Fsp3) is 0.429. The third-order valence-electron chi connectivity index (χ3n) is 4.56. The van der Waals surface area contributed by atoms with Crippen molar-refractivity contribution in [3.63, 3.8) is 0 Å². The molecule has 0 unspecified atom stereocenters. The van der Waals surface area contributed by atoms with Crippen LogP contribution in [0.4, 0.5) is 4.39 Å². The Labute approximate surface area is 173 Å². The number of rotatable bonds is 6. The summed E-state index contributed by atoms with van der Waals surface area (Å²) in [6.07, 6.45) is 1.85. The lowest BCUT2D eigenvalue weighted by Crippen LogP contribution is -2.15. The summed E-state index contributed by atoms with van der Waals surface area (Å²) in [7, 11) is 0. The first-order chi connectivity index (χ1) is 13.1. The summed E-state index contributed by atoms with van der Waals surface area (Å²) in [6.45, 7) is 11.7. The van der Waals surface area contributed by atoms with Crippen molar-refractivity contribution in [2.75, 3.05) is 0 Å². The predicted molar refractivity (Wildman–Crippen MR) is 114 cm³/mol. The van der Waals surface area contributed by atoms with Gasteiger partial charge in [-0.1, -0.05) is 39.5 Å². The van der Waals surface area contributed by atoms with E-state index < -0.39 is 5.60 Å². The van der Waals surface area contributed by atoms with Crippen LogP contribution >= 0.6 is 23.1 Å². The van der Waals surface area contributed by atoms with E-state index in [0.717, 1.165) is 31.6 Å². The van der Waals surface area contributed by atoms with Crippen molar-refractivity contribution in [2.45, 2.75) is 68.2 Å². The molecule has 0 aliphatic carbocycles. The number of aromatic nitrogens is 3. The Hall–Kier alpha value is -1.70. The van der Waals surface area contributed by atoms with E-state index in [4.69, 9.17) is 0 Å². The Morgan fingerprint density at radius 3 is 2.25 bits per heavy atom. The number of nitrogens with zero attached hydrogens (tertiary/aromatic N) is 2. The minimum atomic E-state index is -0.971. The Bertz CT molecular complexity index is 941. The molecule has 0 aliphatic rings. The van der Waals surface area contributed by atoms with Gasteiger partial charge in [0.1, 0.15) is 17.1 Å². The fourth-order valence-electron chi connectivity index (χ4n) is 3.05. The molecule has 4 nitrogen and oxygen atoms in total. The highest BCUT2D eigenvalue weighted by Gasteiger charge is 2.24. The minimum absolute atomic E-state index is 0.166. The van der Waals surface area contributed by atoms with E-state index >= 15 is 0 Å². The van der Waals surface area contributed by atoms with Gasteiger partial charge in [0, 0.05) is 17.1 Å². The van der Waals surface area contributed by atoms with Crippen LogP contribution in [0.3, 0.4) is 0 Å². The molecule has 3 rings (SSSR count). The van der Waals surface area contributed by atoms with Gasteiger partial charge in [0.25, 0.3) is 0 Å². The van der Waals surface area contributed by atoms with Crippen molar-refractivity contribution in [1.82, 2.24) is 15.2 Å². The van der Waals surface area contributed by atoms with E-state index in [1.807, 2.05) is 11.6 Å². The smallest absolute Gasteiger partial charge is 0.155 e. The van der Waals surface area contributed by atoms with Crippen LogP contribution in [0.2, 0.25) is 0 Å². The highest BCUT2D eigenvalue weighted by atomic mass is 32.2. The van der Waals surface area contributed by atoms with Gasteiger partial charge in [-0.15, -0.1) is 11.3 Å². The molecule has 3 aromatic rings. The van der Waals surface area contributed by atoms with Crippen LogP contribution < -0.4 is 0 Å². The van der Waals surface area contributed by atoms with Crippen molar-refractivity contribution in [1.29, 1.82) is 0 Å². The third kappa shape index (κ3) is 4.31. The van der Waals surface area contributed by atoms with Crippen molar-refractivity contribution in [3.8, 4) is 11.3 Å². The number of aromatic amines is 1. The quantitative estimate of drug-likeness (QED) is 0.492. The van der Waals surface area contributed by atoms with Gasteiger partial charge >= 0.3 is 0 Å². The normalized spacial score (nSPS) is 12.4. The molecule has 1 aromatic carbocycles. The van der Waals surface area contributed by atoms with Gasteiger partial charge in [0.15, 0.2) is 4.34 Å². The number of nitrogens with one attached hydrogen (secondary N) is 1. The van der Waals surface area contributed by atoms with E-state index in [-0.39, 0.29) is 17.7 Å². The molecule has 0 saturated carbocycles. The summed E-state index contributed by atoms with van der Waals surface area (Å²) in [6, 6.07) is 3.23. The molecule has 0 spiro atoms. The van der Waals surface area contributed by atoms with E-state index in [9.17, 15) is 9.50 Å². The van der Waals surface area contributed by atoms with Crippen molar-refractivity contribution >= 4 is 23.1 Å². The number of hydrogen-bond acceptors (Lipinski definition) is 5. The second-order valence-corrected chi connectivity index (χ2v) is 10.2. The SMILES string of the molecule is CC(C)c1cc(F)cc(C(C)C)c1-c1n[nH]cc1Sc1nc(C(C)(C)O)cs1. The standard InChI is InChI=1S/C21H26FN3OS2/c1-11(2)14-7-13(22)8-15(12(3)4)18(14)19-16(9-23-25-19)28-20-24-17(10-27-20)21(5,6)26/h7-12,26H,1-6H3,(H,23,25). The third-order valence-corrected chi connectivity index (χ3v) is 6.53. The molecular weight excluding hydrogens is 393 g/mol. The van der Waals surface area contributed by atoms with E-state index in [0.29, 0.717) is 5.69 Å². The zero-order valence-electron chi connectivity index (χ0n) is 17.0. The maximum atomic E-state index is 14.3. The topological polar surface area (TPSA) is 61.8 Å².